The normalized spacial score (nSPS) is 12.0. The van der Waals surface area contributed by atoms with Crippen molar-refractivity contribution in [3.63, 3.8) is 0 Å². The van der Waals surface area contributed by atoms with Crippen molar-refractivity contribution in [3.8, 4) is 11.6 Å². The summed E-state index contributed by atoms with van der Waals surface area (Å²) in [7, 11) is 0. The fraction of sp³-hybridized carbons (Fsp3) is 0.222. The fourth-order valence-electron chi connectivity index (χ4n) is 3.03. The van der Waals surface area contributed by atoms with E-state index < -0.39 is 11.7 Å². The van der Waals surface area contributed by atoms with Crippen LogP contribution in [0.5, 0.6) is 0 Å². The highest BCUT2D eigenvalue weighted by molar-refractivity contribution is 5.47. The number of halogens is 3. The third-order valence-electron chi connectivity index (χ3n) is 4.26. The second-order valence-electron chi connectivity index (χ2n) is 5.95. The van der Waals surface area contributed by atoms with E-state index in [9.17, 15) is 13.2 Å². The highest BCUT2D eigenvalue weighted by Gasteiger charge is 2.31. The summed E-state index contributed by atoms with van der Waals surface area (Å²) in [6.45, 7) is 2.25. The van der Waals surface area contributed by atoms with Gasteiger partial charge in [0, 0.05) is 36.7 Å². The Kier molecular flexibility index (Phi) is 4.14. The Morgan fingerprint density at radius 1 is 1.04 bits per heavy atom. The fourth-order valence-corrected chi connectivity index (χ4v) is 3.03. The number of fused-ring (bicyclic) bond motifs is 1. The summed E-state index contributed by atoms with van der Waals surface area (Å²) in [6, 6.07) is 4.15. The minimum Gasteiger partial charge on any atom is -0.322 e. The van der Waals surface area contributed by atoms with Crippen molar-refractivity contribution in [1.29, 1.82) is 0 Å². The summed E-state index contributed by atoms with van der Waals surface area (Å²) < 4.78 is 42.5. The van der Waals surface area contributed by atoms with Gasteiger partial charge in [-0.15, -0.1) is 0 Å². The lowest BCUT2D eigenvalue weighted by molar-refractivity contribution is -0.137. The van der Waals surface area contributed by atoms with Crippen LogP contribution in [0.1, 0.15) is 23.9 Å². The molecule has 138 valence electrons. The molecule has 0 bridgehead atoms. The number of hydrogen-bond acceptors (Lipinski definition) is 4. The van der Waals surface area contributed by atoms with Crippen molar-refractivity contribution in [1.82, 2.24) is 28.9 Å². The molecule has 0 saturated carbocycles. The van der Waals surface area contributed by atoms with E-state index in [1.165, 1.54) is 10.5 Å². The molecule has 0 aromatic carbocycles. The summed E-state index contributed by atoms with van der Waals surface area (Å²) >= 11 is 0. The maximum Gasteiger partial charge on any atom is 0.417 e. The van der Waals surface area contributed by atoms with Gasteiger partial charge in [-0.2, -0.15) is 13.2 Å². The first-order valence-corrected chi connectivity index (χ1v) is 8.33. The van der Waals surface area contributed by atoms with Gasteiger partial charge in [0.1, 0.15) is 5.65 Å². The van der Waals surface area contributed by atoms with Gasteiger partial charge in [0.2, 0.25) is 0 Å². The third-order valence-corrected chi connectivity index (χ3v) is 4.26. The molecule has 0 unspecified atom stereocenters. The summed E-state index contributed by atoms with van der Waals surface area (Å²) in [5.74, 6) is 1.05. The van der Waals surface area contributed by atoms with Crippen LogP contribution < -0.4 is 0 Å². The molecule has 4 heterocycles. The highest BCUT2D eigenvalue weighted by Crippen LogP contribution is 2.30. The van der Waals surface area contributed by atoms with Crippen molar-refractivity contribution in [2.45, 2.75) is 26.1 Å². The molecule has 0 radical (unpaired) electrons. The lowest BCUT2D eigenvalue weighted by Crippen LogP contribution is -2.08. The molecule has 0 fully saturated rings. The zero-order valence-corrected chi connectivity index (χ0v) is 14.4. The van der Waals surface area contributed by atoms with Crippen LogP contribution in [0.3, 0.4) is 0 Å². The molecular weight excluding hydrogens is 357 g/mol. The van der Waals surface area contributed by atoms with E-state index in [4.69, 9.17) is 0 Å². The Bertz CT molecular complexity index is 1080. The number of aromatic nitrogens is 6. The first kappa shape index (κ1) is 17.2. The molecule has 9 heteroatoms. The highest BCUT2D eigenvalue weighted by atomic mass is 19.4. The lowest BCUT2D eigenvalue weighted by atomic mass is 10.2. The van der Waals surface area contributed by atoms with Crippen LogP contribution in [-0.2, 0) is 19.1 Å². The maximum atomic E-state index is 13.0. The maximum absolute atomic E-state index is 13.0. The van der Waals surface area contributed by atoms with E-state index >= 15 is 0 Å². The molecule has 0 amide bonds. The van der Waals surface area contributed by atoms with Crippen molar-refractivity contribution in [2.24, 2.45) is 0 Å². The van der Waals surface area contributed by atoms with Crippen molar-refractivity contribution >= 4 is 5.65 Å². The summed E-state index contributed by atoms with van der Waals surface area (Å²) in [4.78, 5) is 17.2. The van der Waals surface area contributed by atoms with Crippen molar-refractivity contribution in [2.75, 3.05) is 0 Å². The van der Waals surface area contributed by atoms with Gasteiger partial charge in [-0.1, -0.05) is 6.92 Å². The second kappa shape index (κ2) is 6.49. The average Bonchev–Trinajstić information content (AvgIpc) is 3.25. The lowest BCUT2D eigenvalue weighted by Gasteiger charge is -2.09. The van der Waals surface area contributed by atoms with Crippen LogP contribution >= 0.6 is 0 Å². The summed E-state index contributed by atoms with van der Waals surface area (Å²) in [6.07, 6.45) is 3.91. The average molecular weight is 372 g/mol. The Morgan fingerprint density at radius 3 is 2.52 bits per heavy atom. The van der Waals surface area contributed by atoms with E-state index in [-0.39, 0.29) is 0 Å². The second-order valence-corrected chi connectivity index (χ2v) is 5.95. The molecular formula is C18H15F3N6. The summed E-state index contributed by atoms with van der Waals surface area (Å²) in [5, 5.41) is 0. The van der Waals surface area contributed by atoms with Crippen LogP contribution in [0.15, 0.2) is 49.2 Å². The van der Waals surface area contributed by atoms with E-state index in [2.05, 4.69) is 19.9 Å². The number of aryl methyl sites for hydroxylation is 1. The van der Waals surface area contributed by atoms with Crippen molar-refractivity contribution < 1.29 is 13.2 Å². The Labute approximate surface area is 152 Å². The molecule has 4 rings (SSSR count). The van der Waals surface area contributed by atoms with Gasteiger partial charge in [-0.25, -0.2) is 19.9 Å². The van der Waals surface area contributed by atoms with Gasteiger partial charge in [0.15, 0.2) is 11.6 Å². The van der Waals surface area contributed by atoms with E-state index in [1.807, 2.05) is 11.5 Å². The van der Waals surface area contributed by atoms with E-state index in [1.54, 1.807) is 30.9 Å². The smallest absolute Gasteiger partial charge is 0.322 e. The molecule has 4 aromatic rings. The molecule has 0 aliphatic heterocycles. The SMILES string of the molecule is CCc1c(Cn2ccnc2-c2ncccn2)nc2ccc(C(F)(F)F)cn12. The van der Waals surface area contributed by atoms with Crippen LogP contribution in [0.25, 0.3) is 17.3 Å². The van der Waals surface area contributed by atoms with Gasteiger partial charge < -0.3 is 8.97 Å². The van der Waals surface area contributed by atoms with Crippen LogP contribution in [0.4, 0.5) is 13.2 Å². The number of hydrogen-bond donors (Lipinski definition) is 0. The molecule has 0 spiro atoms. The van der Waals surface area contributed by atoms with Crippen LogP contribution in [-0.4, -0.2) is 28.9 Å². The first-order chi connectivity index (χ1) is 13.0. The zero-order chi connectivity index (χ0) is 19.0. The third kappa shape index (κ3) is 3.16. The number of nitrogens with zero attached hydrogens (tertiary/aromatic N) is 6. The monoisotopic (exact) mass is 372 g/mol. The first-order valence-electron chi connectivity index (χ1n) is 8.33. The Balaban J connectivity index is 1.76. The molecule has 27 heavy (non-hydrogen) atoms. The molecule has 0 aliphatic carbocycles. The molecule has 0 N–H and O–H groups in total. The standard InChI is InChI=1S/C18H15F3N6/c1-2-14-13(25-15-5-4-12(10-27(14)15)18(19,20)21)11-26-9-8-24-17(26)16-22-6-3-7-23-16/h3-10H,2,11H2,1H3. The molecule has 0 saturated heterocycles. The van der Waals surface area contributed by atoms with Crippen LogP contribution in [0, 0.1) is 0 Å². The predicted molar refractivity (Wildman–Crippen MR) is 91.9 cm³/mol. The van der Waals surface area contributed by atoms with E-state index in [0.29, 0.717) is 36.0 Å². The minimum absolute atomic E-state index is 0.361. The largest absolute Gasteiger partial charge is 0.417 e. The zero-order valence-electron chi connectivity index (χ0n) is 14.4. The Morgan fingerprint density at radius 2 is 1.81 bits per heavy atom. The molecule has 0 atom stereocenters. The number of pyridine rings is 1. The molecule has 4 aromatic heterocycles. The predicted octanol–water partition coefficient (Wildman–Crippen LogP) is 3.62. The van der Waals surface area contributed by atoms with E-state index in [0.717, 1.165) is 18.0 Å². The van der Waals surface area contributed by atoms with Gasteiger partial charge in [0.25, 0.3) is 0 Å². The number of imidazole rings is 2. The van der Waals surface area contributed by atoms with Gasteiger partial charge >= 0.3 is 6.18 Å². The van der Waals surface area contributed by atoms with Crippen molar-refractivity contribution in [3.05, 3.63) is 66.1 Å². The van der Waals surface area contributed by atoms with Crippen LogP contribution in [0.2, 0.25) is 0 Å². The molecule has 0 aliphatic rings. The van der Waals surface area contributed by atoms with Gasteiger partial charge in [-0.05, 0) is 24.6 Å². The quantitative estimate of drug-likeness (QED) is 0.549. The van der Waals surface area contributed by atoms with Gasteiger partial charge in [-0.3, -0.25) is 0 Å². The summed E-state index contributed by atoms with van der Waals surface area (Å²) in [5.41, 5.74) is 1.19. The number of rotatable bonds is 4. The molecule has 6 nitrogen and oxygen atoms in total. The number of alkyl halides is 3. The van der Waals surface area contributed by atoms with Gasteiger partial charge in [0.05, 0.1) is 17.8 Å². The Hall–Kier alpha value is -3.23. The topological polar surface area (TPSA) is 60.9 Å². The minimum atomic E-state index is -4.40.